The topological polar surface area (TPSA) is 57.2 Å². The number of hydrogen-bond donors (Lipinski definition) is 0. The summed E-state index contributed by atoms with van der Waals surface area (Å²) < 4.78 is 13.5. The van der Waals surface area contributed by atoms with Crippen LogP contribution in [0.3, 0.4) is 0 Å². The van der Waals surface area contributed by atoms with Crippen molar-refractivity contribution in [1.29, 1.82) is 0 Å². The van der Waals surface area contributed by atoms with Crippen LogP contribution in [-0.4, -0.2) is 12.3 Å². The Kier molecular flexibility index (Phi) is 3.19. The molecule has 0 aliphatic heterocycles. The number of benzene rings is 2. The second-order valence-electron chi connectivity index (χ2n) is 3.72. The molecule has 0 fully saturated rings. The molecule has 0 aliphatic carbocycles. The van der Waals surface area contributed by atoms with Gasteiger partial charge >= 0.3 is 0 Å². The molecule has 0 unspecified atom stereocenters. The van der Waals surface area contributed by atoms with Gasteiger partial charge in [0.1, 0.15) is 12.1 Å². The summed E-state index contributed by atoms with van der Waals surface area (Å²) in [6.07, 6.45) is 0.712. The molecule has 0 atom stereocenters. The largest absolute Gasteiger partial charge is 0.545 e. The third kappa shape index (κ3) is 2.27. The van der Waals surface area contributed by atoms with E-state index in [1.165, 1.54) is 6.07 Å². The summed E-state index contributed by atoms with van der Waals surface area (Å²) >= 11 is 0. The zero-order valence-corrected chi connectivity index (χ0v) is 9.22. The standard InChI is InChI=1S/C14H9FO3/c15-13-7-11(5-6-12(13)14(17)18)10-3-1-9(8-16)2-4-10/h1-8H,(H,17,18)/p-1. The minimum atomic E-state index is -1.55. The van der Waals surface area contributed by atoms with Crippen LogP contribution in [0, 0.1) is 5.82 Å². The molecule has 0 amide bonds. The Morgan fingerprint density at radius 2 is 1.67 bits per heavy atom. The van der Waals surface area contributed by atoms with Crippen molar-refractivity contribution in [3.8, 4) is 11.1 Å². The van der Waals surface area contributed by atoms with Gasteiger partial charge in [-0.3, -0.25) is 4.79 Å². The van der Waals surface area contributed by atoms with E-state index in [4.69, 9.17) is 0 Å². The van der Waals surface area contributed by atoms with Crippen LogP contribution in [0.2, 0.25) is 0 Å². The second kappa shape index (κ2) is 4.79. The normalized spacial score (nSPS) is 10.1. The van der Waals surface area contributed by atoms with Crippen LogP contribution in [0.15, 0.2) is 42.5 Å². The van der Waals surface area contributed by atoms with Crippen molar-refractivity contribution in [2.24, 2.45) is 0 Å². The van der Waals surface area contributed by atoms with Gasteiger partial charge in [0.25, 0.3) is 0 Å². The van der Waals surface area contributed by atoms with Crippen molar-refractivity contribution in [2.75, 3.05) is 0 Å². The number of aromatic carboxylic acids is 1. The van der Waals surface area contributed by atoms with Crippen LogP contribution >= 0.6 is 0 Å². The lowest BCUT2D eigenvalue weighted by Crippen LogP contribution is -2.23. The average Bonchev–Trinajstić information content (AvgIpc) is 2.38. The summed E-state index contributed by atoms with van der Waals surface area (Å²) in [6, 6.07) is 10.3. The van der Waals surface area contributed by atoms with E-state index in [-0.39, 0.29) is 0 Å². The Morgan fingerprint density at radius 3 is 2.17 bits per heavy atom. The predicted octanol–water partition coefficient (Wildman–Crippen LogP) is 1.67. The van der Waals surface area contributed by atoms with Crippen molar-refractivity contribution < 1.29 is 19.1 Å². The van der Waals surface area contributed by atoms with Gasteiger partial charge in [0.05, 0.1) is 5.97 Å². The maximum Gasteiger partial charge on any atom is 0.150 e. The van der Waals surface area contributed by atoms with Gasteiger partial charge in [0.2, 0.25) is 0 Å². The van der Waals surface area contributed by atoms with Crippen molar-refractivity contribution in [3.05, 3.63) is 59.4 Å². The summed E-state index contributed by atoms with van der Waals surface area (Å²) in [5, 5.41) is 10.6. The number of hydrogen-bond acceptors (Lipinski definition) is 3. The number of carboxylic acid groups (broad SMARTS) is 1. The van der Waals surface area contributed by atoms with Crippen LogP contribution in [0.1, 0.15) is 20.7 Å². The van der Waals surface area contributed by atoms with E-state index in [0.29, 0.717) is 23.0 Å². The summed E-state index contributed by atoms with van der Waals surface area (Å²) in [5.41, 5.74) is 1.29. The predicted molar refractivity (Wildman–Crippen MR) is 61.6 cm³/mol. The Balaban J connectivity index is 2.41. The molecule has 0 aliphatic rings. The molecule has 4 heteroatoms. The Hall–Kier alpha value is -2.49. The van der Waals surface area contributed by atoms with E-state index in [1.54, 1.807) is 24.3 Å². The smallest absolute Gasteiger partial charge is 0.150 e. The summed E-state index contributed by atoms with van der Waals surface area (Å²) in [6.45, 7) is 0. The summed E-state index contributed by atoms with van der Waals surface area (Å²) in [7, 11) is 0. The fourth-order valence-corrected chi connectivity index (χ4v) is 1.61. The molecule has 2 aromatic rings. The molecule has 2 aromatic carbocycles. The third-order valence-corrected chi connectivity index (χ3v) is 2.57. The lowest BCUT2D eigenvalue weighted by atomic mass is 10.0. The maximum atomic E-state index is 13.5. The number of carbonyl (C=O) groups excluding carboxylic acids is 2. The molecule has 18 heavy (non-hydrogen) atoms. The molecule has 0 radical (unpaired) electrons. The van der Waals surface area contributed by atoms with Gasteiger partial charge in [-0.05, 0) is 23.3 Å². The number of aldehydes is 1. The highest BCUT2D eigenvalue weighted by Crippen LogP contribution is 2.22. The molecule has 0 spiro atoms. The fourth-order valence-electron chi connectivity index (χ4n) is 1.61. The first kappa shape index (κ1) is 12.0. The Morgan fingerprint density at radius 1 is 1.06 bits per heavy atom. The minimum absolute atomic E-state index is 0.469. The van der Waals surface area contributed by atoms with Crippen molar-refractivity contribution in [3.63, 3.8) is 0 Å². The second-order valence-corrected chi connectivity index (χ2v) is 3.72. The maximum absolute atomic E-state index is 13.5. The van der Waals surface area contributed by atoms with Gasteiger partial charge in [0.15, 0.2) is 0 Å². The molecule has 0 saturated heterocycles. The molecule has 0 bridgehead atoms. The number of carbonyl (C=O) groups is 2. The van der Waals surface area contributed by atoms with E-state index >= 15 is 0 Å². The van der Waals surface area contributed by atoms with Gasteiger partial charge in [0, 0.05) is 11.1 Å². The fraction of sp³-hybridized carbons (Fsp3) is 0. The zero-order chi connectivity index (χ0) is 13.1. The van der Waals surface area contributed by atoms with E-state index < -0.39 is 17.3 Å². The number of rotatable bonds is 3. The van der Waals surface area contributed by atoms with Crippen LogP contribution in [0.25, 0.3) is 11.1 Å². The Bertz CT molecular complexity index is 603. The zero-order valence-electron chi connectivity index (χ0n) is 9.22. The summed E-state index contributed by atoms with van der Waals surface area (Å²) in [4.78, 5) is 21.1. The number of halogens is 1. The molecule has 90 valence electrons. The first-order valence-electron chi connectivity index (χ1n) is 5.18. The minimum Gasteiger partial charge on any atom is -0.545 e. The highest BCUT2D eigenvalue weighted by atomic mass is 19.1. The van der Waals surface area contributed by atoms with Gasteiger partial charge in [-0.15, -0.1) is 0 Å². The van der Waals surface area contributed by atoms with Crippen LogP contribution in [-0.2, 0) is 0 Å². The molecule has 0 N–H and O–H groups in total. The molecule has 0 heterocycles. The third-order valence-electron chi connectivity index (χ3n) is 2.57. The Labute approximate surface area is 103 Å². The monoisotopic (exact) mass is 243 g/mol. The first-order valence-corrected chi connectivity index (χ1v) is 5.18. The first-order chi connectivity index (χ1) is 8.61. The highest BCUT2D eigenvalue weighted by molar-refractivity contribution is 5.87. The molecule has 3 nitrogen and oxygen atoms in total. The SMILES string of the molecule is O=Cc1ccc(-c2ccc(C(=O)[O-])c(F)c2)cc1. The average molecular weight is 243 g/mol. The van der Waals surface area contributed by atoms with E-state index in [2.05, 4.69) is 0 Å². The van der Waals surface area contributed by atoms with Crippen LogP contribution in [0.4, 0.5) is 4.39 Å². The van der Waals surface area contributed by atoms with Crippen molar-refractivity contribution in [1.82, 2.24) is 0 Å². The van der Waals surface area contributed by atoms with Crippen molar-refractivity contribution in [2.45, 2.75) is 0 Å². The molecular weight excluding hydrogens is 235 g/mol. The van der Waals surface area contributed by atoms with Gasteiger partial charge in [-0.1, -0.05) is 30.3 Å². The van der Waals surface area contributed by atoms with Gasteiger partial charge in [-0.25, -0.2) is 4.39 Å². The molecule has 0 aromatic heterocycles. The van der Waals surface area contributed by atoms with Crippen LogP contribution < -0.4 is 5.11 Å². The lowest BCUT2D eigenvalue weighted by molar-refractivity contribution is -0.255. The van der Waals surface area contributed by atoms with E-state index in [0.717, 1.165) is 12.1 Å². The van der Waals surface area contributed by atoms with Crippen LogP contribution in [0.5, 0.6) is 0 Å². The molecule has 0 saturated carbocycles. The number of carboxylic acids is 1. The quantitative estimate of drug-likeness (QED) is 0.770. The van der Waals surface area contributed by atoms with E-state index in [9.17, 15) is 19.1 Å². The highest BCUT2D eigenvalue weighted by Gasteiger charge is 2.05. The van der Waals surface area contributed by atoms with Gasteiger partial charge < -0.3 is 9.90 Å². The van der Waals surface area contributed by atoms with Crippen molar-refractivity contribution >= 4 is 12.3 Å². The molecule has 2 rings (SSSR count). The van der Waals surface area contributed by atoms with E-state index in [1.807, 2.05) is 0 Å². The van der Waals surface area contributed by atoms with Gasteiger partial charge in [-0.2, -0.15) is 0 Å². The summed E-state index contributed by atoms with van der Waals surface area (Å²) in [5.74, 6) is -2.39. The molecular formula is C14H8FO3-. The lowest BCUT2D eigenvalue weighted by Gasteiger charge is -2.07.